The molecule has 2 rings (SSSR count). The summed E-state index contributed by atoms with van der Waals surface area (Å²) in [6.45, 7) is 1.78. The highest BCUT2D eigenvalue weighted by Gasteiger charge is 2.62. The lowest BCUT2D eigenvalue weighted by atomic mass is 10.1. The third kappa shape index (κ3) is 5.18. The molecule has 148 valence electrons. The Hall–Kier alpha value is -2.16. The van der Waals surface area contributed by atoms with Gasteiger partial charge in [0, 0.05) is 10.6 Å². The molecule has 2 aromatic carbocycles. The van der Waals surface area contributed by atoms with Gasteiger partial charge in [-0.3, -0.25) is 4.21 Å². The number of alkyl halides is 5. The van der Waals surface area contributed by atoms with Gasteiger partial charge in [0.1, 0.15) is 11.8 Å². The normalized spacial score (nSPS) is 14.5. The summed E-state index contributed by atoms with van der Waals surface area (Å²) >= 11 is 0. The average molecular weight is 407 g/mol. The maximum absolute atomic E-state index is 14.0. The van der Waals surface area contributed by atoms with Crippen molar-refractivity contribution in [2.45, 2.75) is 30.0 Å². The second-order valence-corrected chi connectivity index (χ2v) is 7.37. The molecule has 0 bridgehead atoms. The van der Waals surface area contributed by atoms with Gasteiger partial charge in [0.2, 0.25) is 0 Å². The monoisotopic (exact) mass is 407 g/mol. The van der Waals surface area contributed by atoms with E-state index in [1.807, 2.05) is 0 Å². The number of hydrogen-bond donors (Lipinski definition) is 1. The van der Waals surface area contributed by atoms with E-state index in [-0.39, 0.29) is 10.6 Å². The average Bonchev–Trinajstić information content (AvgIpc) is 2.61. The molecule has 0 amide bonds. The highest BCUT2D eigenvalue weighted by atomic mass is 32.2. The van der Waals surface area contributed by atoms with Gasteiger partial charge in [0.25, 0.3) is 0 Å². The second kappa shape index (κ2) is 8.24. The molecule has 0 fully saturated rings. The summed E-state index contributed by atoms with van der Waals surface area (Å²) in [7, 11) is -0.653. The largest absolute Gasteiger partial charge is 0.497 e. The van der Waals surface area contributed by atoms with Gasteiger partial charge < -0.3 is 10.1 Å². The molecule has 27 heavy (non-hydrogen) atoms. The Bertz CT molecular complexity index is 776. The third-order valence-corrected chi connectivity index (χ3v) is 5.28. The first-order valence-corrected chi connectivity index (χ1v) is 9.16. The van der Waals surface area contributed by atoms with Gasteiger partial charge in [0.05, 0.1) is 23.7 Å². The molecule has 0 spiro atoms. The van der Waals surface area contributed by atoms with E-state index in [0.717, 1.165) is 5.56 Å². The molecule has 0 saturated heterocycles. The van der Waals surface area contributed by atoms with Gasteiger partial charge in [-0.15, -0.1) is 0 Å². The van der Waals surface area contributed by atoms with Gasteiger partial charge in [0.15, 0.2) is 0 Å². The molecule has 0 aromatic heterocycles. The predicted molar refractivity (Wildman–Crippen MR) is 93.9 cm³/mol. The fourth-order valence-corrected chi connectivity index (χ4v) is 3.49. The van der Waals surface area contributed by atoms with Crippen LogP contribution in [-0.2, 0) is 10.8 Å². The van der Waals surface area contributed by atoms with E-state index in [4.69, 9.17) is 4.74 Å². The number of methoxy groups -OCH3 is 1. The topological polar surface area (TPSA) is 38.3 Å². The Morgan fingerprint density at radius 3 is 2.04 bits per heavy atom. The zero-order valence-electron chi connectivity index (χ0n) is 14.5. The van der Waals surface area contributed by atoms with Crippen molar-refractivity contribution in [3.63, 3.8) is 0 Å². The minimum atomic E-state index is -5.78. The maximum Gasteiger partial charge on any atom is 0.455 e. The number of anilines is 1. The Morgan fingerprint density at radius 1 is 1.00 bits per heavy atom. The minimum absolute atomic E-state index is 0.0330. The first-order chi connectivity index (χ1) is 12.5. The number of benzene rings is 2. The molecular formula is C18H18F5NO2S. The highest BCUT2D eigenvalue weighted by Crippen LogP contribution is 2.40. The van der Waals surface area contributed by atoms with Crippen LogP contribution in [0.4, 0.5) is 27.6 Å². The van der Waals surface area contributed by atoms with Crippen molar-refractivity contribution < 1.29 is 30.9 Å². The summed E-state index contributed by atoms with van der Waals surface area (Å²) in [5.74, 6) is -5.57. The molecule has 0 aliphatic heterocycles. The number of halogens is 5. The van der Waals surface area contributed by atoms with Crippen LogP contribution in [0, 0.1) is 6.92 Å². The van der Waals surface area contributed by atoms with Gasteiger partial charge in [-0.1, -0.05) is 17.7 Å². The Balaban J connectivity index is 2.28. The van der Waals surface area contributed by atoms with Crippen LogP contribution in [-0.4, -0.2) is 35.2 Å². The van der Waals surface area contributed by atoms with Crippen LogP contribution in [0.2, 0.25) is 0 Å². The van der Waals surface area contributed by atoms with Gasteiger partial charge >= 0.3 is 12.1 Å². The van der Waals surface area contributed by atoms with Crippen LogP contribution in [0.25, 0.3) is 0 Å². The van der Waals surface area contributed by atoms with Gasteiger partial charge in [-0.25, -0.2) is 0 Å². The summed E-state index contributed by atoms with van der Waals surface area (Å²) in [5, 5.41) is 2.17. The van der Waals surface area contributed by atoms with Crippen LogP contribution >= 0.6 is 0 Å². The van der Waals surface area contributed by atoms with Crippen LogP contribution in [0.1, 0.15) is 5.56 Å². The molecule has 0 saturated carbocycles. The summed E-state index contributed by atoms with van der Waals surface area (Å²) in [6.07, 6.45) is -5.78. The van der Waals surface area contributed by atoms with E-state index >= 15 is 0 Å². The molecule has 2 aromatic rings. The van der Waals surface area contributed by atoms with E-state index in [1.54, 1.807) is 19.1 Å². The molecular weight excluding hydrogens is 389 g/mol. The molecule has 3 nitrogen and oxygen atoms in total. The van der Waals surface area contributed by atoms with Gasteiger partial charge in [-0.05, 0) is 43.3 Å². The van der Waals surface area contributed by atoms with Crippen molar-refractivity contribution in [1.29, 1.82) is 0 Å². The fraction of sp³-hybridized carbons (Fsp3) is 0.333. The fourth-order valence-electron chi connectivity index (χ4n) is 2.26. The number of rotatable bonds is 7. The first kappa shape index (κ1) is 21.1. The number of aryl methyl sites for hydroxylation is 1. The van der Waals surface area contributed by atoms with Crippen molar-refractivity contribution >= 4 is 16.5 Å². The van der Waals surface area contributed by atoms with Crippen LogP contribution in [0.3, 0.4) is 0 Å². The molecule has 0 heterocycles. The maximum atomic E-state index is 14.0. The van der Waals surface area contributed by atoms with Gasteiger partial charge in [-0.2, -0.15) is 22.0 Å². The van der Waals surface area contributed by atoms with E-state index < -0.39 is 34.7 Å². The van der Waals surface area contributed by atoms with Crippen molar-refractivity contribution in [1.82, 2.24) is 0 Å². The molecule has 0 aliphatic carbocycles. The van der Waals surface area contributed by atoms with Crippen LogP contribution in [0.5, 0.6) is 5.75 Å². The second-order valence-electron chi connectivity index (χ2n) is 5.87. The lowest BCUT2D eigenvalue weighted by Crippen LogP contribution is -2.53. The van der Waals surface area contributed by atoms with Crippen molar-refractivity contribution in [2.24, 2.45) is 0 Å². The SMILES string of the molecule is COc1ccc(N[C@H](C[S@@](=O)c2ccc(C)cc2)C(F)(F)C(F)(F)F)cc1. The summed E-state index contributed by atoms with van der Waals surface area (Å²) in [5.41, 5.74) is 0.884. The molecule has 2 atom stereocenters. The highest BCUT2D eigenvalue weighted by molar-refractivity contribution is 7.85. The smallest absolute Gasteiger partial charge is 0.455 e. The third-order valence-electron chi connectivity index (χ3n) is 3.85. The number of ether oxygens (including phenoxy) is 1. The summed E-state index contributed by atoms with van der Waals surface area (Å²) in [4.78, 5) is 0.181. The lowest BCUT2D eigenvalue weighted by Gasteiger charge is -2.30. The summed E-state index contributed by atoms with van der Waals surface area (Å²) < 4.78 is 84.0. The van der Waals surface area contributed by atoms with E-state index in [1.165, 1.54) is 43.5 Å². The summed E-state index contributed by atoms with van der Waals surface area (Å²) in [6, 6.07) is 9.17. The Kier molecular flexibility index (Phi) is 6.46. The number of hydrogen-bond acceptors (Lipinski definition) is 3. The molecule has 1 N–H and O–H groups in total. The van der Waals surface area contributed by atoms with Crippen LogP contribution < -0.4 is 10.1 Å². The molecule has 0 radical (unpaired) electrons. The van der Waals surface area contributed by atoms with Crippen molar-refractivity contribution in [2.75, 3.05) is 18.2 Å². The van der Waals surface area contributed by atoms with E-state index in [2.05, 4.69) is 5.32 Å². The molecule has 9 heteroatoms. The Morgan fingerprint density at radius 2 is 1.56 bits per heavy atom. The van der Waals surface area contributed by atoms with E-state index in [0.29, 0.717) is 5.75 Å². The number of nitrogens with one attached hydrogen (secondary N) is 1. The van der Waals surface area contributed by atoms with Crippen molar-refractivity contribution in [3.05, 3.63) is 54.1 Å². The Labute approximate surface area is 156 Å². The quantitative estimate of drug-likeness (QED) is 0.671. The zero-order chi connectivity index (χ0) is 20.2. The zero-order valence-corrected chi connectivity index (χ0v) is 15.3. The standard InChI is InChI=1S/C18H18F5NO2S/c1-12-3-9-15(10-4-12)27(25)11-16(17(19,20)18(21,22)23)24-13-5-7-14(26-2)8-6-13/h3-10,16,24H,11H2,1-2H3/t16-,27-/m1/s1. The molecule has 0 aliphatic rings. The van der Waals surface area contributed by atoms with Crippen LogP contribution in [0.15, 0.2) is 53.4 Å². The van der Waals surface area contributed by atoms with E-state index in [9.17, 15) is 26.2 Å². The molecule has 0 unspecified atom stereocenters. The first-order valence-electron chi connectivity index (χ1n) is 7.85. The minimum Gasteiger partial charge on any atom is -0.497 e. The van der Waals surface area contributed by atoms with Crippen molar-refractivity contribution in [3.8, 4) is 5.75 Å². The predicted octanol–water partition coefficient (Wildman–Crippen LogP) is 4.79. The lowest BCUT2D eigenvalue weighted by molar-refractivity contribution is -0.285.